The molecule has 1 amide bonds. The van der Waals surface area contributed by atoms with Gasteiger partial charge < -0.3 is 10.2 Å². The van der Waals surface area contributed by atoms with Crippen LogP contribution in [0.3, 0.4) is 0 Å². The van der Waals surface area contributed by atoms with Crippen molar-refractivity contribution in [2.75, 3.05) is 26.2 Å². The van der Waals surface area contributed by atoms with E-state index < -0.39 is 0 Å². The number of rotatable bonds is 2. The summed E-state index contributed by atoms with van der Waals surface area (Å²) in [4.78, 5) is 14.3. The first kappa shape index (κ1) is 11.3. The number of hydrogen-bond acceptors (Lipinski definition) is 2. The van der Waals surface area contributed by atoms with Crippen molar-refractivity contribution in [2.24, 2.45) is 11.8 Å². The summed E-state index contributed by atoms with van der Waals surface area (Å²) in [5.41, 5.74) is 1.39. The van der Waals surface area contributed by atoms with Gasteiger partial charge >= 0.3 is 0 Å². The van der Waals surface area contributed by atoms with E-state index in [4.69, 9.17) is 0 Å². The molecule has 2 aliphatic heterocycles. The highest BCUT2D eigenvalue weighted by Gasteiger charge is 2.37. The summed E-state index contributed by atoms with van der Waals surface area (Å²) in [7, 11) is 0. The van der Waals surface area contributed by atoms with Crippen LogP contribution < -0.4 is 5.32 Å². The summed E-state index contributed by atoms with van der Waals surface area (Å²) in [5, 5.41) is 3.42. The van der Waals surface area contributed by atoms with Crippen LogP contribution in [0.4, 0.5) is 0 Å². The van der Waals surface area contributed by atoms with Crippen LogP contribution in [0.2, 0.25) is 0 Å². The molecule has 2 unspecified atom stereocenters. The van der Waals surface area contributed by atoms with Crippen molar-refractivity contribution >= 4 is 5.91 Å². The Morgan fingerprint density at radius 1 is 1.29 bits per heavy atom. The van der Waals surface area contributed by atoms with Gasteiger partial charge in [0.15, 0.2) is 0 Å². The van der Waals surface area contributed by atoms with Crippen LogP contribution in [0.1, 0.15) is 32.1 Å². The number of allylic oxidation sites excluding steroid dienone is 1. The Bertz CT molecular complexity index is 325. The van der Waals surface area contributed by atoms with E-state index in [1.807, 2.05) is 0 Å². The van der Waals surface area contributed by atoms with Gasteiger partial charge in [-0.3, -0.25) is 4.79 Å². The Morgan fingerprint density at radius 2 is 2.06 bits per heavy atom. The maximum Gasteiger partial charge on any atom is 0.226 e. The van der Waals surface area contributed by atoms with Crippen LogP contribution in [0, 0.1) is 11.8 Å². The lowest BCUT2D eigenvalue weighted by Crippen LogP contribution is -2.32. The minimum absolute atomic E-state index is 0.368. The Balaban J connectivity index is 1.54. The van der Waals surface area contributed by atoms with E-state index in [1.165, 1.54) is 24.8 Å². The molecule has 3 nitrogen and oxygen atoms in total. The predicted octanol–water partition coefficient (Wildman–Crippen LogP) is 1.55. The Morgan fingerprint density at radius 3 is 2.71 bits per heavy atom. The van der Waals surface area contributed by atoms with E-state index >= 15 is 0 Å². The van der Waals surface area contributed by atoms with Gasteiger partial charge in [-0.1, -0.05) is 11.6 Å². The third-order valence-electron chi connectivity index (χ3n) is 4.51. The largest absolute Gasteiger partial charge is 0.342 e. The molecule has 0 bridgehead atoms. The van der Waals surface area contributed by atoms with E-state index in [-0.39, 0.29) is 0 Å². The van der Waals surface area contributed by atoms with Crippen molar-refractivity contribution in [3.05, 3.63) is 11.6 Å². The highest BCUT2D eigenvalue weighted by atomic mass is 16.2. The molecule has 0 radical (unpaired) electrons. The fourth-order valence-electron chi connectivity index (χ4n) is 3.43. The van der Waals surface area contributed by atoms with Gasteiger partial charge in [0.25, 0.3) is 0 Å². The molecule has 3 heteroatoms. The van der Waals surface area contributed by atoms with Crippen LogP contribution in [0.5, 0.6) is 0 Å². The van der Waals surface area contributed by atoms with E-state index in [2.05, 4.69) is 16.3 Å². The molecule has 0 aromatic heterocycles. The molecule has 94 valence electrons. The first-order valence-electron chi connectivity index (χ1n) is 6.99. The van der Waals surface area contributed by atoms with E-state index in [0.29, 0.717) is 12.3 Å². The van der Waals surface area contributed by atoms with Crippen LogP contribution >= 0.6 is 0 Å². The normalized spacial score (nSPS) is 32.5. The first-order valence-corrected chi connectivity index (χ1v) is 6.99. The van der Waals surface area contributed by atoms with E-state index in [9.17, 15) is 4.79 Å². The number of likely N-dealkylation sites (tertiary alicyclic amines) is 1. The second kappa shape index (κ2) is 4.81. The van der Waals surface area contributed by atoms with Gasteiger partial charge in [-0.15, -0.1) is 0 Å². The van der Waals surface area contributed by atoms with Crippen LogP contribution in [0.15, 0.2) is 11.6 Å². The summed E-state index contributed by atoms with van der Waals surface area (Å²) in [6, 6.07) is 0. The third kappa shape index (κ3) is 2.39. The molecule has 2 fully saturated rings. The highest BCUT2D eigenvalue weighted by molar-refractivity contribution is 5.79. The van der Waals surface area contributed by atoms with E-state index in [0.717, 1.165) is 44.4 Å². The van der Waals surface area contributed by atoms with Crippen LogP contribution in [-0.2, 0) is 4.79 Å². The number of hydrogen-bond donors (Lipinski definition) is 1. The number of nitrogens with one attached hydrogen (secondary N) is 1. The number of nitrogens with zero attached hydrogens (tertiary/aromatic N) is 1. The topological polar surface area (TPSA) is 32.3 Å². The summed E-state index contributed by atoms with van der Waals surface area (Å²) in [5.74, 6) is 1.81. The van der Waals surface area contributed by atoms with Gasteiger partial charge in [0, 0.05) is 32.6 Å². The maximum atomic E-state index is 12.2. The van der Waals surface area contributed by atoms with E-state index in [1.54, 1.807) is 0 Å². The molecule has 0 saturated carbocycles. The number of carbonyl (C=O) groups excluding carboxylic acids is 1. The molecule has 2 saturated heterocycles. The zero-order valence-electron chi connectivity index (χ0n) is 10.5. The number of carbonyl (C=O) groups is 1. The average molecular weight is 234 g/mol. The van der Waals surface area contributed by atoms with Crippen LogP contribution in [0.25, 0.3) is 0 Å². The zero-order valence-corrected chi connectivity index (χ0v) is 10.5. The quantitative estimate of drug-likeness (QED) is 0.735. The Kier molecular flexibility index (Phi) is 3.19. The minimum atomic E-state index is 0.368. The average Bonchev–Trinajstić information content (AvgIpc) is 2.90. The van der Waals surface area contributed by atoms with Crippen molar-refractivity contribution in [1.82, 2.24) is 10.2 Å². The van der Waals surface area contributed by atoms with Crippen molar-refractivity contribution in [1.29, 1.82) is 0 Å². The Hall–Kier alpha value is -0.830. The third-order valence-corrected chi connectivity index (χ3v) is 4.51. The Labute approximate surface area is 103 Å². The molecule has 0 aromatic carbocycles. The molecule has 0 spiro atoms. The van der Waals surface area contributed by atoms with Crippen molar-refractivity contribution in [3.63, 3.8) is 0 Å². The summed E-state index contributed by atoms with van der Waals surface area (Å²) in [6.07, 6.45) is 7.88. The highest BCUT2D eigenvalue weighted by Crippen LogP contribution is 2.28. The zero-order chi connectivity index (χ0) is 11.7. The standard InChI is InChI=1S/C14H22N2O/c17-14(6-11-4-2-1-3-5-11)16-9-12-7-15-8-13(12)10-16/h4,12-13,15H,1-3,5-10H2. The van der Waals surface area contributed by atoms with Gasteiger partial charge in [0.1, 0.15) is 0 Å². The van der Waals surface area contributed by atoms with Crippen LogP contribution in [-0.4, -0.2) is 37.0 Å². The number of fused-ring (bicyclic) bond motifs is 1. The van der Waals surface area contributed by atoms with Gasteiger partial charge in [-0.05, 0) is 37.5 Å². The second-order valence-electron chi connectivity index (χ2n) is 5.76. The van der Waals surface area contributed by atoms with Gasteiger partial charge in [-0.2, -0.15) is 0 Å². The van der Waals surface area contributed by atoms with Gasteiger partial charge in [0.2, 0.25) is 5.91 Å². The van der Waals surface area contributed by atoms with Crippen molar-refractivity contribution < 1.29 is 4.79 Å². The summed E-state index contributed by atoms with van der Waals surface area (Å²) >= 11 is 0. The second-order valence-corrected chi connectivity index (χ2v) is 5.76. The minimum Gasteiger partial charge on any atom is -0.342 e. The monoisotopic (exact) mass is 234 g/mol. The molecule has 1 N–H and O–H groups in total. The molecule has 2 heterocycles. The number of amides is 1. The van der Waals surface area contributed by atoms with Gasteiger partial charge in [-0.25, -0.2) is 0 Å². The van der Waals surface area contributed by atoms with Crippen molar-refractivity contribution in [3.8, 4) is 0 Å². The maximum absolute atomic E-state index is 12.2. The smallest absolute Gasteiger partial charge is 0.226 e. The predicted molar refractivity (Wildman–Crippen MR) is 67.6 cm³/mol. The molecule has 3 rings (SSSR count). The molecular weight excluding hydrogens is 212 g/mol. The lowest BCUT2D eigenvalue weighted by molar-refractivity contribution is -0.129. The molecular formula is C14H22N2O. The SMILES string of the molecule is O=C(CC1=CCCCC1)N1CC2CNCC2C1. The molecule has 3 aliphatic rings. The first-order chi connectivity index (χ1) is 8.33. The molecule has 1 aliphatic carbocycles. The summed E-state index contributed by atoms with van der Waals surface area (Å²) in [6.45, 7) is 4.20. The lowest BCUT2D eigenvalue weighted by atomic mass is 9.97. The summed E-state index contributed by atoms with van der Waals surface area (Å²) < 4.78 is 0. The van der Waals surface area contributed by atoms with Crippen molar-refractivity contribution in [2.45, 2.75) is 32.1 Å². The fraction of sp³-hybridized carbons (Fsp3) is 0.786. The lowest BCUT2D eigenvalue weighted by Gasteiger charge is -2.19. The molecule has 2 atom stereocenters. The van der Waals surface area contributed by atoms with Gasteiger partial charge in [0.05, 0.1) is 0 Å². The molecule has 0 aromatic rings. The fourth-order valence-corrected chi connectivity index (χ4v) is 3.43. The molecule has 17 heavy (non-hydrogen) atoms.